The van der Waals surface area contributed by atoms with Crippen molar-refractivity contribution in [3.8, 4) is 11.5 Å². The van der Waals surface area contributed by atoms with Gasteiger partial charge in [-0.3, -0.25) is 0 Å². The van der Waals surface area contributed by atoms with Crippen LogP contribution in [0.4, 0.5) is 0 Å². The second-order valence-corrected chi connectivity index (χ2v) is 4.90. The highest BCUT2D eigenvalue weighted by Gasteiger charge is 2.12. The minimum absolute atomic E-state index is 0. The molecule has 0 heterocycles. The normalized spacial score (nSPS) is 13.2. The van der Waals surface area contributed by atoms with Crippen LogP contribution >= 0.6 is 12.4 Å². The smallest absolute Gasteiger partial charge is 0.127 e. The highest BCUT2D eigenvalue weighted by Crippen LogP contribution is 2.26. The van der Waals surface area contributed by atoms with E-state index in [9.17, 15) is 0 Å². The summed E-state index contributed by atoms with van der Waals surface area (Å²) in [6, 6.07) is 17.9. The Morgan fingerprint density at radius 1 is 0.950 bits per heavy atom. The lowest BCUT2D eigenvalue weighted by Gasteiger charge is -2.18. The molecule has 2 aromatic rings. The van der Waals surface area contributed by atoms with Crippen molar-refractivity contribution in [2.45, 2.75) is 26.3 Å². The lowest BCUT2D eigenvalue weighted by molar-refractivity contribution is 0.454. The van der Waals surface area contributed by atoms with E-state index in [1.165, 1.54) is 0 Å². The maximum Gasteiger partial charge on any atom is 0.127 e. The Balaban J connectivity index is 0.00000200. The van der Waals surface area contributed by atoms with Gasteiger partial charge >= 0.3 is 0 Å². The maximum absolute atomic E-state index is 6.21. The van der Waals surface area contributed by atoms with Crippen molar-refractivity contribution in [3.05, 3.63) is 60.2 Å². The van der Waals surface area contributed by atoms with E-state index in [2.05, 4.69) is 26.0 Å². The van der Waals surface area contributed by atoms with Gasteiger partial charge in [0.05, 0.1) is 0 Å². The fraction of sp³-hybridized carbons (Fsp3) is 0.294. The second-order valence-electron chi connectivity index (χ2n) is 4.90. The Hall–Kier alpha value is -1.51. The standard InChI is InChI=1S/C17H21NO.ClH/c1-3-13(2)17(18)14-9-11-16(12-10-14)19-15-7-5-4-6-8-15;/h4-13,17H,3,18H2,1-2H3;1H/t13?,17-;/m1./s1. The number of hydrogen-bond donors (Lipinski definition) is 1. The molecule has 0 radical (unpaired) electrons. The molecule has 3 heteroatoms. The predicted molar refractivity (Wildman–Crippen MR) is 86.6 cm³/mol. The van der Waals surface area contributed by atoms with Crippen LogP contribution in [0.5, 0.6) is 11.5 Å². The monoisotopic (exact) mass is 291 g/mol. The molecule has 0 saturated carbocycles. The van der Waals surface area contributed by atoms with Gasteiger partial charge in [-0.2, -0.15) is 0 Å². The number of ether oxygens (including phenoxy) is 1. The van der Waals surface area contributed by atoms with Crippen LogP contribution in [-0.4, -0.2) is 0 Å². The van der Waals surface area contributed by atoms with Gasteiger partial charge in [0.25, 0.3) is 0 Å². The van der Waals surface area contributed by atoms with Crippen LogP contribution in [0, 0.1) is 5.92 Å². The molecule has 108 valence electrons. The zero-order valence-electron chi connectivity index (χ0n) is 12.0. The molecule has 0 aliphatic heterocycles. The van der Waals surface area contributed by atoms with Gasteiger partial charge in [-0.25, -0.2) is 0 Å². The molecule has 0 amide bonds. The fourth-order valence-electron chi connectivity index (χ4n) is 1.97. The number of benzene rings is 2. The van der Waals surface area contributed by atoms with Crippen LogP contribution in [0.1, 0.15) is 31.9 Å². The molecule has 0 fully saturated rings. The first-order valence-corrected chi connectivity index (χ1v) is 6.79. The van der Waals surface area contributed by atoms with Crippen LogP contribution < -0.4 is 10.5 Å². The molecular weight excluding hydrogens is 270 g/mol. The SMILES string of the molecule is CCC(C)[C@@H](N)c1ccc(Oc2ccccc2)cc1.Cl. The highest BCUT2D eigenvalue weighted by atomic mass is 35.5. The summed E-state index contributed by atoms with van der Waals surface area (Å²) >= 11 is 0. The molecule has 2 nitrogen and oxygen atoms in total. The molecule has 0 spiro atoms. The summed E-state index contributed by atoms with van der Waals surface area (Å²) in [5.74, 6) is 2.17. The van der Waals surface area contributed by atoms with E-state index in [4.69, 9.17) is 10.5 Å². The van der Waals surface area contributed by atoms with Crippen LogP contribution in [-0.2, 0) is 0 Å². The Labute approximate surface area is 127 Å². The lowest BCUT2D eigenvalue weighted by Crippen LogP contribution is -2.18. The first-order valence-electron chi connectivity index (χ1n) is 6.79. The van der Waals surface area contributed by atoms with Crippen molar-refractivity contribution >= 4 is 12.4 Å². The van der Waals surface area contributed by atoms with E-state index in [1.807, 2.05) is 42.5 Å². The highest BCUT2D eigenvalue weighted by molar-refractivity contribution is 5.85. The third-order valence-electron chi connectivity index (χ3n) is 3.50. The molecule has 0 bridgehead atoms. The number of hydrogen-bond acceptors (Lipinski definition) is 2. The van der Waals surface area contributed by atoms with Gasteiger partial charge in [0, 0.05) is 6.04 Å². The first kappa shape index (κ1) is 16.5. The molecule has 1 unspecified atom stereocenters. The molecule has 0 aromatic heterocycles. The topological polar surface area (TPSA) is 35.2 Å². The van der Waals surface area contributed by atoms with Gasteiger partial charge < -0.3 is 10.5 Å². The Morgan fingerprint density at radius 2 is 1.50 bits per heavy atom. The average Bonchev–Trinajstić information content (AvgIpc) is 2.47. The number of rotatable bonds is 5. The average molecular weight is 292 g/mol. The van der Waals surface area contributed by atoms with Crippen LogP contribution in [0.25, 0.3) is 0 Å². The van der Waals surface area contributed by atoms with Gasteiger partial charge in [-0.15, -0.1) is 12.4 Å². The van der Waals surface area contributed by atoms with Crippen molar-refractivity contribution in [3.63, 3.8) is 0 Å². The summed E-state index contributed by atoms with van der Waals surface area (Å²) in [5.41, 5.74) is 7.37. The molecular formula is C17H22ClNO. The Bertz CT molecular complexity index is 498. The second kappa shape index (κ2) is 7.93. The molecule has 0 saturated heterocycles. The van der Waals surface area contributed by atoms with Crippen LogP contribution in [0.15, 0.2) is 54.6 Å². The van der Waals surface area contributed by atoms with Crippen molar-refractivity contribution in [1.82, 2.24) is 0 Å². The predicted octanol–water partition coefficient (Wildman–Crippen LogP) is 4.95. The van der Waals surface area contributed by atoms with Gasteiger partial charge in [-0.05, 0) is 35.7 Å². The van der Waals surface area contributed by atoms with E-state index < -0.39 is 0 Å². The van der Waals surface area contributed by atoms with Crippen LogP contribution in [0.2, 0.25) is 0 Å². The van der Waals surface area contributed by atoms with E-state index in [1.54, 1.807) is 0 Å². The molecule has 20 heavy (non-hydrogen) atoms. The Kier molecular flexibility index (Phi) is 6.56. The number of nitrogens with two attached hydrogens (primary N) is 1. The zero-order valence-corrected chi connectivity index (χ0v) is 12.8. The molecule has 2 atom stereocenters. The van der Waals surface area contributed by atoms with Gasteiger partial charge in [0.2, 0.25) is 0 Å². The molecule has 2 aromatic carbocycles. The van der Waals surface area contributed by atoms with Gasteiger partial charge in [0.1, 0.15) is 11.5 Å². The van der Waals surface area contributed by atoms with E-state index in [-0.39, 0.29) is 18.4 Å². The van der Waals surface area contributed by atoms with Crippen molar-refractivity contribution in [2.24, 2.45) is 11.7 Å². The van der Waals surface area contributed by atoms with E-state index in [0.29, 0.717) is 5.92 Å². The third kappa shape index (κ3) is 4.26. The summed E-state index contributed by atoms with van der Waals surface area (Å²) < 4.78 is 5.76. The summed E-state index contributed by atoms with van der Waals surface area (Å²) in [4.78, 5) is 0. The number of para-hydroxylation sites is 1. The number of halogens is 1. The van der Waals surface area contributed by atoms with Gasteiger partial charge in [-0.1, -0.05) is 50.6 Å². The largest absolute Gasteiger partial charge is 0.457 e. The molecule has 2 rings (SSSR count). The minimum atomic E-state index is 0. The van der Waals surface area contributed by atoms with Gasteiger partial charge in [0.15, 0.2) is 0 Å². The summed E-state index contributed by atoms with van der Waals surface area (Å²) in [6.45, 7) is 4.34. The Morgan fingerprint density at radius 3 is 2.05 bits per heavy atom. The van der Waals surface area contributed by atoms with Crippen molar-refractivity contribution in [2.75, 3.05) is 0 Å². The zero-order chi connectivity index (χ0) is 13.7. The van der Waals surface area contributed by atoms with Crippen molar-refractivity contribution in [1.29, 1.82) is 0 Å². The quantitative estimate of drug-likeness (QED) is 0.846. The third-order valence-corrected chi connectivity index (χ3v) is 3.50. The molecule has 2 N–H and O–H groups in total. The van der Waals surface area contributed by atoms with Crippen molar-refractivity contribution < 1.29 is 4.74 Å². The molecule has 0 aliphatic rings. The van der Waals surface area contributed by atoms with E-state index >= 15 is 0 Å². The first-order chi connectivity index (χ1) is 9.20. The fourth-order valence-corrected chi connectivity index (χ4v) is 1.97. The summed E-state index contributed by atoms with van der Waals surface area (Å²) in [5, 5.41) is 0. The summed E-state index contributed by atoms with van der Waals surface area (Å²) in [7, 11) is 0. The minimum Gasteiger partial charge on any atom is -0.457 e. The lowest BCUT2D eigenvalue weighted by atomic mass is 9.93. The van der Waals surface area contributed by atoms with E-state index in [0.717, 1.165) is 23.5 Å². The summed E-state index contributed by atoms with van der Waals surface area (Å²) in [6.07, 6.45) is 1.09. The van der Waals surface area contributed by atoms with Crippen LogP contribution in [0.3, 0.4) is 0 Å². The molecule has 0 aliphatic carbocycles. The maximum atomic E-state index is 6.21.